The number of fused-ring (bicyclic) bond motifs is 1. The maximum Gasteiger partial charge on any atom is 0.163 e. The molecule has 1 aliphatic rings. The van der Waals surface area contributed by atoms with Crippen LogP contribution in [0.15, 0.2) is 42.6 Å². The first kappa shape index (κ1) is 26.8. The Morgan fingerprint density at radius 1 is 1.06 bits per heavy atom. The van der Waals surface area contributed by atoms with E-state index in [1.807, 2.05) is 24.3 Å². The summed E-state index contributed by atoms with van der Waals surface area (Å²) in [7, 11) is 4.26. The summed E-state index contributed by atoms with van der Waals surface area (Å²) in [5.41, 5.74) is 4.54. The Hall–Kier alpha value is -2.41. The molecule has 0 unspecified atom stereocenters. The molecule has 1 fully saturated rings. The van der Waals surface area contributed by atoms with Crippen molar-refractivity contribution in [2.45, 2.75) is 38.6 Å². The van der Waals surface area contributed by atoms with Crippen LogP contribution in [-0.2, 0) is 0 Å². The summed E-state index contributed by atoms with van der Waals surface area (Å²) in [5, 5.41) is 13.2. The van der Waals surface area contributed by atoms with Crippen molar-refractivity contribution < 1.29 is 9.90 Å². The Bertz CT molecular complexity index is 1080. The van der Waals surface area contributed by atoms with Gasteiger partial charge >= 0.3 is 0 Å². The van der Waals surface area contributed by atoms with Gasteiger partial charge in [-0.15, -0.1) is 24.8 Å². The van der Waals surface area contributed by atoms with E-state index in [1.165, 1.54) is 12.8 Å². The van der Waals surface area contributed by atoms with Crippen LogP contribution in [0, 0.1) is 5.92 Å². The number of Topliss-reactive ketones (excluding diaryl/α,β-unsaturated/α-hetero) is 1. The van der Waals surface area contributed by atoms with E-state index in [4.69, 9.17) is 4.98 Å². The Morgan fingerprint density at radius 3 is 2.33 bits per heavy atom. The van der Waals surface area contributed by atoms with E-state index < -0.39 is 0 Å². The molecule has 3 aromatic rings. The van der Waals surface area contributed by atoms with Crippen molar-refractivity contribution in [3.05, 3.63) is 48.2 Å². The first-order chi connectivity index (χ1) is 14.9. The topological polar surface area (TPSA) is 78.3 Å². The Morgan fingerprint density at radius 2 is 1.73 bits per heavy atom. The molecule has 0 bridgehead atoms. The minimum Gasteiger partial charge on any atom is -0.508 e. The summed E-state index contributed by atoms with van der Waals surface area (Å²) < 4.78 is 0. The fourth-order valence-corrected chi connectivity index (χ4v) is 4.48. The number of pyridine rings is 2. The smallest absolute Gasteiger partial charge is 0.163 e. The molecule has 6 nitrogen and oxygen atoms in total. The Balaban J connectivity index is 0.00000193. The molecule has 0 amide bonds. The predicted octanol–water partition coefficient (Wildman–Crippen LogP) is 5.58. The van der Waals surface area contributed by atoms with E-state index >= 15 is 0 Å². The summed E-state index contributed by atoms with van der Waals surface area (Å²) in [4.78, 5) is 24.0. The zero-order valence-corrected chi connectivity index (χ0v) is 20.9. The van der Waals surface area contributed by atoms with Crippen molar-refractivity contribution in [1.82, 2.24) is 14.9 Å². The average molecular weight is 491 g/mol. The highest BCUT2D eigenvalue weighted by Crippen LogP contribution is 2.32. The molecule has 0 aliphatic heterocycles. The highest BCUT2D eigenvalue weighted by Gasteiger charge is 2.24. The molecule has 2 aromatic heterocycles. The van der Waals surface area contributed by atoms with E-state index in [9.17, 15) is 9.90 Å². The summed E-state index contributed by atoms with van der Waals surface area (Å²) in [6, 6.07) is 11.2. The number of phenolic OH excluding ortho intramolecular Hbond substituents is 1. The molecule has 0 saturated heterocycles. The second kappa shape index (κ2) is 11.6. The molecule has 0 radical (unpaired) electrons. The number of aromatic nitrogens is 2. The monoisotopic (exact) mass is 490 g/mol. The minimum absolute atomic E-state index is 0. The Kier molecular flexibility index (Phi) is 9.46. The lowest BCUT2D eigenvalue weighted by Gasteiger charge is -2.31. The third kappa shape index (κ3) is 6.34. The van der Waals surface area contributed by atoms with Crippen molar-refractivity contribution in [2.75, 3.05) is 26.0 Å². The predicted molar refractivity (Wildman–Crippen MR) is 139 cm³/mol. The quantitative estimate of drug-likeness (QED) is 0.439. The van der Waals surface area contributed by atoms with E-state index in [0.29, 0.717) is 17.1 Å². The van der Waals surface area contributed by atoms with Crippen molar-refractivity contribution in [3.8, 4) is 17.0 Å². The highest BCUT2D eigenvalue weighted by molar-refractivity contribution is 6.06. The number of halogens is 2. The van der Waals surface area contributed by atoms with Crippen LogP contribution in [0.4, 0.5) is 5.69 Å². The number of ketones is 1. The van der Waals surface area contributed by atoms with E-state index in [0.717, 1.165) is 47.8 Å². The zero-order chi connectivity index (χ0) is 22.0. The molecule has 33 heavy (non-hydrogen) atoms. The molecule has 8 heteroatoms. The molecule has 2 heterocycles. The molecular formula is C25H32Cl2N4O2. The Labute approximate surface area is 207 Å². The number of nitrogens with zero attached hydrogens (tertiary/aromatic N) is 3. The number of carbonyl (C=O) groups is 1. The summed E-state index contributed by atoms with van der Waals surface area (Å²) in [6.07, 6.45) is 6.18. The molecule has 1 aromatic carbocycles. The van der Waals surface area contributed by atoms with Gasteiger partial charge in [0.25, 0.3) is 0 Å². The van der Waals surface area contributed by atoms with Crippen LogP contribution in [0.2, 0.25) is 0 Å². The lowest BCUT2D eigenvalue weighted by Crippen LogP contribution is -2.31. The van der Waals surface area contributed by atoms with Crippen molar-refractivity contribution in [1.29, 1.82) is 0 Å². The van der Waals surface area contributed by atoms with Crippen molar-refractivity contribution in [3.63, 3.8) is 0 Å². The first-order valence-corrected chi connectivity index (χ1v) is 10.9. The average Bonchev–Trinajstić information content (AvgIpc) is 2.75. The van der Waals surface area contributed by atoms with E-state index in [-0.39, 0.29) is 36.3 Å². The standard InChI is InChI=1S/C25H30N4O2.2ClH/c1-16(30)21-14-26-23-13-12-22(18-6-10-20(31)11-7-18)28-25(23)24(21)27-19-8-4-17(5-9-19)15-29(2)3;;/h6-7,10-14,17,19,31H,4-5,8-9,15H2,1-3H3,(H,26,27);2*1H. The number of rotatable bonds is 6. The van der Waals surface area contributed by atoms with Crippen LogP contribution in [0.25, 0.3) is 22.3 Å². The summed E-state index contributed by atoms with van der Waals surface area (Å²) >= 11 is 0. The molecule has 4 rings (SSSR count). The summed E-state index contributed by atoms with van der Waals surface area (Å²) in [6.45, 7) is 2.70. The molecule has 1 aliphatic carbocycles. The van der Waals surface area contributed by atoms with Gasteiger partial charge in [-0.25, -0.2) is 4.98 Å². The van der Waals surface area contributed by atoms with Crippen LogP contribution in [-0.4, -0.2) is 52.4 Å². The lowest BCUT2D eigenvalue weighted by molar-refractivity contribution is 0.101. The largest absolute Gasteiger partial charge is 0.508 e. The zero-order valence-electron chi connectivity index (χ0n) is 19.2. The van der Waals surface area contributed by atoms with Gasteiger partial charge < -0.3 is 15.3 Å². The van der Waals surface area contributed by atoms with Gasteiger partial charge in [0.2, 0.25) is 0 Å². The number of carbonyl (C=O) groups excluding carboxylic acids is 1. The number of phenols is 1. The van der Waals surface area contributed by atoms with Crippen LogP contribution in [0.3, 0.4) is 0 Å². The molecule has 178 valence electrons. The van der Waals surface area contributed by atoms with Gasteiger partial charge in [0.05, 0.1) is 22.5 Å². The number of hydrogen-bond acceptors (Lipinski definition) is 6. The maximum absolute atomic E-state index is 12.4. The highest BCUT2D eigenvalue weighted by atomic mass is 35.5. The molecule has 0 atom stereocenters. The number of benzene rings is 1. The second-order valence-electron chi connectivity index (χ2n) is 8.84. The number of nitrogens with one attached hydrogen (secondary N) is 1. The van der Waals surface area contributed by atoms with Crippen molar-refractivity contribution in [2.24, 2.45) is 5.92 Å². The summed E-state index contributed by atoms with van der Waals surface area (Å²) in [5.74, 6) is 0.932. The van der Waals surface area contributed by atoms with Gasteiger partial charge in [0.1, 0.15) is 11.3 Å². The maximum atomic E-state index is 12.4. The van der Waals surface area contributed by atoms with Crippen LogP contribution in [0.1, 0.15) is 43.0 Å². The van der Waals surface area contributed by atoms with Gasteiger partial charge in [-0.3, -0.25) is 9.78 Å². The molecule has 1 saturated carbocycles. The lowest BCUT2D eigenvalue weighted by atomic mass is 9.85. The van der Waals surface area contributed by atoms with Gasteiger partial charge in [-0.05, 0) is 89.0 Å². The van der Waals surface area contributed by atoms with E-state index in [2.05, 4.69) is 29.3 Å². The van der Waals surface area contributed by atoms with Gasteiger partial charge in [-0.1, -0.05) is 0 Å². The minimum atomic E-state index is -0.0185. The number of anilines is 1. The van der Waals surface area contributed by atoms with Crippen LogP contribution in [0.5, 0.6) is 5.75 Å². The van der Waals surface area contributed by atoms with Crippen molar-refractivity contribution >= 4 is 47.3 Å². The SMILES string of the molecule is CC(=O)c1cnc2ccc(-c3ccc(O)cc3)nc2c1NC1CCC(CN(C)C)CC1.Cl.Cl. The van der Waals surface area contributed by atoms with E-state index in [1.54, 1.807) is 25.3 Å². The second-order valence-corrected chi connectivity index (χ2v) is 8.84. The fraction of sp³-hybridized carbons (Fsp3) is 0.400. The molecule has 0 spiro atoms. The van der Waals surface area contributed by atoms with Crippen LogP contribution < -0.4 is 5.32 Å². The van der Waals surface area contributed by atoms with Gasteiger partial charge in [-0.2, -0.15) is 0 Å². The number of aromatic hydroxyl groups is 1. The third-order valence-corrected chi connectivity index (χ3v) is 6.07. The molecular weight excluding hydrogens is 459 g/mol. The van der Waals surface area contributed by atoms with Gasteiger partial charge in [0.15, 0.2) is 5.78 Å². The normalized spacial score (nSPS) is 17.8. The molecule has 2 N–H and O–H groups in total. The number of hydrogen-bond donors (Lipinski definition) is 2. The third-order valence-electron chi connectivity index (χ3n) is 6.07. The van der Waals surface area contributed by atoms with Gasteiger partial charge in [0, 0.05) is 24.3 Å². The first-order valence-electron chi connectivity index (χ1n) is 10.9. The fourth-order valence-electron chi connectivity index (χ4n) is 4.48. The van der Waals surface area contributed by atoms with Crippen LogP contribution >= 0.6 is 24.8 Å².